The summed E-state index contributed by atoms with van der Waals surface area (Å²) in [5.41, 5.74) is 6.84. The molecule has 0 spiro atoms. The SMILES string of the molecule is CCCC(CCC)(C(=O)NCc1c(C)noc1C)C(N)=S. The lowest BCUT2D eigenvalue weighted by Crippen LogP contribution is -2.48. The first-order valence-electron chi connectivity index (χ1n) is 7.39. The van der Waals surface area contributed by atoms with Crippen molar-refractivity contribution in [2.45, 2.75) is 59.9 Å². The molecule has 6 heteroatoms. The average Bonchev–Trinajstić information content (AvgIpc) is 2.74. The van der Waals surface area contributed by atoms with Gasteiger partial charge >= 0.3 is 0 Å². The molecule has 5 nitrogen and oxygen atoms in total. The number of aromatic nitrogens is 1. The Morgan fingerprint density at radius 3 is 2.29 bits per heavy atom. The van der Waals surface area contributed by atoms with Gasteiger partial charge in [0.1, 0.15) is 5.76 Å². The van der Waals surface area contributed by atoms with Gasteiger partial charge in [-0.2, -0.15) is 0 Å². The molecule has 0 aliphatic carbocycles. The van der Waals surface area contributed by atoms with E-state index in [4.69, 9.17) is 22.5 Å². The molecule has 0 unspecified atom stereocenters. The fourth-order valence-electron chi connectivity index (χ4n) is 2.66. The van der Waals surface area contributed by atoms with Gasteiger partial charge in [-0.25, -0.2) is 0 Å². The molecule has 0 saturated carbocycles. The van der Waals surface area contributed by atoms with E-state index in [0.717, 1.165) is 29.9 Å². The van der Waals surface area contributed by atoms with Gasteiger partial charge in [-0.05, 0) is 26.7 Å². The van der Waals surface area contributed by atoms with Gasteiger partial charge in [-0.1, -0.05) is 44.1 Å². The van der Waals surface area contributed by atoms with Crippen LogP contribution in [-0.2, 0) is 11.3 Å². The zero-order chi connectivity index (χ0) is 16.0. The summed E-state index contributed by atoms with van der Waals surface area (Å²) in [7, 11) is 0. The quantitative estimate of drug-likeness (QED) is 0.722. The summed E-state index contributed by atoms with van der Waals surface area (Å²) in [6.07, 6.45) is 3.05. The fraction of sp³-hybridized carbons (Fsp3) is 0.667. The largest absolute Gasteiger partial charge is 0.392 e. The Morgan fingerprint density at radius 2 is 1.90 bits per heavy atom. The van der Waals surface area contributed by atoms with Gasteiger partial charge < -0.3 is 15.6 Å². The lowest BCUT2D eigenvalue weighted by molar-refractivity contribution is -0.128. The first kappa shape index (κ1) is 17.6. The molecule has 1 rings (SSSR count). The molecular weight excluding hydrogens is 286 g/mol. The second kappa shape index (κ2) is 7.54. The Morgan fingerprint density at radius 1 is 1.33 bits per heavy atom. The zero-order valence-electron chi connectivity index (χ0n) is 13.3. The van der Waals surface area contributed by atoms with E-state index in [0.29, 0.717) is 19.4 Å². The van der Waals surface area contributed by atoms with Crippen molar-refractivity contribution in [3.05, 3.63) is 17.0 Å². The number of carbonyl (C=O) groups is 1. The number of hydrogen-bond donors (Lipinski definition) is 2. The number of nitrogens with zero attached hydrogens (tertiary/aromatic N) is 1. The van der Waals surface area contributed by atoms with Crippen LogP contribution >= 0.6 is 12.2 Å². The van der Waals surface area contributed by atoms with Crippen LogP contribution in [-0.4, -0.2) is 16.1 Å². The van der Waals surface area contributed by atoms with Crippen LogP contribution in [0.25, 0.3) is 0 Å². The highest BCUT2D eigenvalue weighted by Crippen LogP contribution is 2.31. The molecule has 0 aliphatic rings. The average molecular weight is 311 g/mol. The van der Waals surface area contributed by atoms with E-state index in [1.54, 1.807) is 0 Å². The maximum atomic E-state index is 12.7. The summed E-state index contributed by atoms with van der Waals surface area (Å²) in [5.74, 6) is 0.624. The number of thiocarbonyl (C=S) groups is 1. The number of aryl methyl sites for hydroxylation is 2. The third-order valence-electron chi connectivity index (χ3n) is 3.87. The molecular formula is C15H25N3O2S. The molecule has 1 aromatic heterocycles. The predicted octanol–water partition coefficient (Wildman–Crippen LogP) is 2.78. The Bertz CT molecular complexity index is 486. The molecule has 21 heavy (non-hydrogen) atoms. The highest BCUT2D eigenvalue weighted by Gasteiger charge is 2.39. The predicted molar refractivity (Wildman–Crippen MR) is 86.9 cm³/mol. The number of hydrogen-bond acceptors (Lipinski definition) is 4. The molecule has 0 aliphatic heterocycles. The first-order chi connectivity index (χ1) is 9.89. The van der Waals surface area contributed by atoms with E-state index < -0.39 is 5.41 Å². The molecule has 1 aromatic rings. The van der Waals surface area contributed by atoms with Crippen molar-refractivity contribution in [2.24, 2.45) is 11.1 Å². The van der Waals surface area contributed by atoms with Crippen LogP contribution in [0.15, 0.2) is 4.52 Å². The monoisotopic (exact) mass is 311 g/mol. The normalized spacial score (nSPS) is 11.4. The van der Waals surface area contributed by atoms with E-state index in [9.17, 15) is 4.79 Å². The summed E-state index contributed by atoms with van der Waals surface area (Å²) >= 11 is 5.19. The summed E-state index contributed by atoms with van der Waals surface area (Å²) in [6, 6.07) is 0. The number of carbonyl (C=O) groups excluding carboxylic acids is 1. The third-order valence-corrected chi connectivity index (χ3v) is 4.26. The number of nitrogens with two attached hydrogens (primary N) is 1. The van der Waals surface area contributed by atoms with Crippen molar-refractivity contribution >= 4 is 23.1 Å². The van der Waals surface area contributed by atoms with E-state index in [1.165, 1.54) is 0 Å². The molecule has 118 valence electrons. The van der Waals surface area contributed by atoms with Crippen LogP contribution in [0.3, 0.4) is 0 Å². The van der Waals surface area contributed by atoms with E-state index in [2.05, 4.69) is 10.5 Å². The van der Waals surface area contributed by atoms with Crippen LogP contribution in [0.2, 0.25) is 0 Å². The molecule has 1 heterocycles. The third kappa shape index (κ3) is 3.81. The second-order valence-corrected chi connectivity index (χ2v) is 5.87. The number of amides is 1. The van der Waals surface area contributed by atoms with Gasteiger partial charge in [-0.3, -0.25) is 4.79 Å². The molecule has 0 atom stereocenters. The molecule has 0 saturated heterocycles. The van der Waals surface area contributed by atoms with E-state index in [1.807, 2.05) is 27.7 Å². The molecule has 0 radical (unpaired) electrons. The van der Waals surface area contributed by atoms with Crippen molar-refractivity contribution in [2.75, 3.05) is 0 Å². The van der Waals surface area contributed by atoms with Crippen LogP contribution in [0, 0.1) is 19.3 Å². The molecule has 0 bridgehead atoms. The summed E-state index contributed by atoms with van der Waals surface area (Å²) < 4.78 is 5.10. The Kier molecular flexibility index (Phi) is 6.33. The van der Waals surface area contributed by atoms with Crippen molar-refractivity contribution in [1.82, 2.24) is 10.5 Å². The van der Waals surface area contributed by atoms with Crippen LogP contribution in [0.4, 0.5) is 0 Å². The minimum atomic E-state index is -0.752. The maximum absolute atomic E-state index is 12.7. The van der Waals surface area contributed by atoms with Crippen LogP contribution in [0.1, 0.15) is 56.5 Å². The summed E-state index contributed by atoms with van der Waals surface area (Å²) in [6.45, 7) is 8.14. The molecule has 3 N–H and O–H groups in total. The van der Waals surface area contributed by atoms with Crippen molar-refractivity contribution in [3.63, 3.8) is 0 Å². The standard InChI is InChI=1S/C15H25N3O2S/c1-5-7-15(8-6-2,13(16)21)14(19)17-9-12-10(3)18-20-11(12)4/h5-9H2,1-4H3,(H2,16,21)(H,17,19). The molecule has 0 fully saturated rings. The molecule has 0 aromatic carbocycles. The van der Waals surface area contributed by atoms with Gasteiger partial charge in [0.2, 0.25) is 5.91 Å². The Labute approximate surface area is 131 Å². The second-order valence-electron chi connectivity index (χ2n) is 5.43. The van der Waals surface area contributed by atoms with Gasteiger partial charge in [0.25, 0.3) is 0 Å². The van der Waals surface area contributed by atoms with Crippen molar-refractivity contribution in [3.8, 4) is 0 Å². The maximum Gasteiger partial charge on any atom is 0.233 e. The van der Waals surface area contributed by atoms with E-state index >= 15 is 0 Å². The van der Waals surface area contributed by atoms with Crippen LogP contribution < -0.4 is 11.1 Å². The highest BCUT2D eigenvalue weighted by atomic mass is 32.1. The smallest absolute Gasteiger partial charge is 0.233 e. The first-order valence-corrected chi connectivity index (χ1v) is 7.79. The summed E-state index contributed by atoms with van der Waals surface area (Å²) in [4.78, 5) is 13.0. The van der Waals surface area contributed by atoms with E-state index in [-0.39, 0.29) is 10.9 Å². The zero-order valence-corrected chi connectivity index (χ0v) is 14.1. The topological polar surface area (TPSA) is 81.2 Å². The number of nitrogens with one attached hydrogen (secondary N) is 1. The minimum Gasteiger partial charge on any atom is -0.392 e. The lowest BCUT2D eigenvalue weighted by atomic mass is 9.78. The van der Waals surface area contributed by atoms with Crippen LogP contribution in [0.5, 0.6) is 0 Å². The molecule has 1 amide bonds. The highest BCUT2D eigenvalue weighted by molar-refractivity contribution is 7.80. The summed E-state index contributed by atoms with van der Waals surface area (Å²) in [5, 5.41) is 6.84. The Balaban J connectivity index is 2.89. The van der Waals surface area contributed by atoms with Crippen molar-refractivity contribution < 1.29 is 9.32 Å². The minimum absolute atomic E-state index is 0.0984. The van der Waals surface area contributed by atoms with Gasteiger partial charge in [0.15, 0.2) is 0 Å². The number of rotatable bonds is 8. The van der Waals surface area contributed by atoms with Gasteiger partial charge in [0, 0.05) is 12.1 Å². The lowest BCUT2D eigenvalue weighted by Gasteiger charge is -2.31. The fourth-order valence-corrected chi connectivity index (χ4v) is 2.95. The van der Waals surface area contributed by atoms with Gasteiger partial charge in [0.05, 0.1) is 16.1 Å². The Hall–Kier alpha value is -1.43. The van der Waals surface area contributed by atoms with Crippen molar-refractivity contribution in [1.29, 1.82) is 0 Å². The van der Waals surface area contributed by atoms with Gasteiger partial charge in [-0.15, -0.1) is 0 Å².